The van der Waals surface area contributed by atoms with Gasteiger partial charge in [0.15, 0.2) is 5.66 Å². The first-order valence-electron chi connectivity index (χ1n) is 5.60. The number of nitrogens with zero attached hydrogens (tertiary/aromatic N) is 3. The van der Waals surface area contributed by atoms with Crippen LogP contribution in [0.25, 0.3) is 0 Å². The highest BCUT2D eigenvalue weighted by Crippen LogP contribution is 2.30. The lowest BCUT2D eigenvalue weighted by molar-refractivity contribution is 0.183. The van der Waals surface area contributed by atoms with E-state index in [1.54, 1.807) is 19.1 Å². The summed E-state index contributed by atoms with van der Waals surface area (Å²) < 4.78 is 13.3. The van der Waals surface area contributed by atoms with Gasteiger partial charge in [-0.3, -0.25) is 0 Å². The summed E-state index contributed by atoms with van der Waals surface area (Å²) in [4.78, 5) is 8.06. The summed E-state index contributed by atoms with van der Waals surface area (Å²) in [5, 5.41) is 20.3. The predicted molar refractivity (Wildman–Crippen MR) is 66.9 cm³/mol. The fourth-order valence-corrected chi connectivity index (χ4v) is 2.01. The minimum atomic E-state index is -0.965. The molecular weight excluding hydrogens is 251 g/mol. The minimum absolute atomic E-state index is 0.115. The number of hydrogen-bond acceptors (Lipinski definition) is 5. The van der Waals surface area contributed by atoms with Gasteiger partial charge >= 0.3 is 0 Å². The van der Waals surface area contributed by atoms with Gasteiger partial charge in [-0.05, 0) is 24.6 Å². The molecule has 3 rings (SSSR count). The molecule has 2 heterocycles. The lowest BCUT2D eigenvalue weighted by Gasteiger charge is -2.26. The monoisotopic (exact) mass is 262 g/mol. The van der Waals surface area contributed by atoms with Crippen LogP contribution in [-0.2, 0) is 5.66 Å². The van der Waals surface area contributed by atoms with E-state index in [0.717, 1.165) is 6.08 Å². The van der Waals surface area contributed by atoms with Gasteiger partial charge in [0, 0.05) is 0 Å². The molecule has 2 aliphatic heterocycles. The maximum Gasteiger partial charge on any atom is 0.248 e. The predicted octanol–water partition coefficient (Wildman–Crippen LogP) is 1.54. The maximum absolute atomic E-state index is 13.3. The molecule has 1 unspecified atom stereocenters. The molecule has 0 fully saturated rings. The van der Waals surface area contributed by atoms with Gasteiger partial charge in [-0.2, -0.15) is 10.4 Å². The van der Waals surface area contributed by atoms with Gasteiger partial charge in [0.1, 0.15) is 5.82 Å². The molecule has 0 bridgehead atoms. The van der Waals surface area contributed by atoms with Gasteiger partial charge in [-0.25, -0.2) is 14.4 Å². The summed E-state index contributed by atoms with van der Waals surface area (Å²) >= 11 is 0. The summed E-state index contributed by atoms with van der Waals surface area (Å²) in [5.41, 5.74) is 2.53. The summed E-state index contributed by atoms with van der Waals surface area (Å²) in [6.07, 6.45) is 1.09. The smallest absolute Gasteiger partial charge is 0.248 e. The average Bonchev–Trinajstić information content (AvgIpc) is 2.68. The van der Waals surface area contributed by atoms with Crippen molar-refractivity contribution < 1.29 is 14.6 Å². The van der Waals surface area contributed by atoms with Crippen LogP contribution >= 0.6 is 0 Å². The number of hydrazine groups is 1. The summed E-state index contributed by atoms with van der Waals surface area (Å²) in [6.45, 7) is 1.72. The molecule has 7 heteroatoms. The van der Waals surface area contributed by atoms with Crippen molar-refractivity contribution in [3.05, 3.63) is 47.6 Å². The Balaban J connectivity index is 2.04. The van der Waals surface area contributed by atoms with Crippen LogP contribution in [0.15, 0.2) is 46.2 Å². The van der Waals surface area contributed by atoms with Crippen molar-refractivity contribution in [3.8, 4) is 0 Å². The lowest BCUT2D eigenvalue weighted by Crippen LogP contribution is -2.45. The van der Waals surface area contributed by atoms with E-state index >= 15 is 0 Å². The molecule has 6 nitrogen and oxygen atoms in total. The van der Waals surface area contributed by atoms with Gasteiger partial charge in [0.05, 0.1) is 6.08 Å². The number of guanidine groups is 1. The van der Waals surface area contributed by atoms with E-state index in [1.807, 2.05) is 0 Å². The van der Waals surface area contributed by atoms with Crippen LogP contribution in [-0.4, -0.2) is 27.1 Å². The van der Waals surface area contributed by atoms with Crippen molar-refractivity contribution in [2.45, 2.75) is 12.6 Å². The lowest BCUT2D eigenvalue weighted by atomic mass is 10.0. The highest BCUT2D eigenvalue weighted by atomic mass is 19.1. The Morgan fingerprint density at radius 2 is 2.16 bits per heavy atom. The third kappa shape index (κ3) is 1.84. The van der Waals surface area contributed by atoms with Crippen LogP contribution in [0.4, 0.5) is 4.39 Å². The summed E-state index contributed by atoms with van der Waals surface area (Å²) in [5.74, 6) is -0.829. The molecule has 0 saturated carbocycles. The summed E-state index contributed by atoms with van der Waals surface area (Å²) in [6, 6.07) is 5.97. The molecule has 0 aromatic heterocycles. The normalized spacial score (nSPS) is 25.6. The zero-order valence-electron chi connectivity index (χ0n) is 10.0. The van der Waals surface area contributed by atoms with Crippen molar-refractivity contribution in [2.75, 3.05) is 0 Å². The molecule has 0 amide bonds. The zero-order valence-corrected chi connectivity index (χ0v) is 10.0. The molecule has 19 heavy (non-hydrogen) atoms. The molecule has 0 aliphatic carbocycles. The zero-order chi connectivity index (χ0) is 13.6. The number of fused-ring (bicyclic) bond motifs is 1. The van der Waals surface area contributed by atoms with Gasteiger partial charge in [-0.15, -0.1) is 0 Å². The number of aliphatic hydroxyl groups is 2. The van der Waals surface area contributed by atoms with Crippen LogP contribution in [0.1, 0.15) is 12.5 Å². The number of rotatable bonds is 1. The fourth-order valence-electron chi connectivity index (χ4n) is 2.01. The van der Waals surface area contributed by atoms with Crippen LogP contribution in [0.2, 0.25) is 0 Å². The first kappa shape index (κ1) is 11.7. The summed E-state index contributed by atoms with van der Waals surface area (Å²) in [7, 11) is 0. The third-order valence-corrected chi connectivity index (χ3v) is 2.94. The van der Waals surface area contributed by atoms with E-state index in [4.69, 9.17) is 0 Å². The third-order valence-electron chi connectivity index (χ3n) is 2.94. The largest absolute Gasteiger partial charge is 0.493 e. The Kier molecular flexibility index (Phi) is 2.33. The first-order valence-corrected chi connectivity index (χ1v) is 5.60. The molecule has 1 aromatic rings. The molecule has 0 spiro atoms. The second-order valence-corrected chi connectivity index (χ2v) is 4.41. The van der Waals surface area contributed by atoms with Gasteiger partial charge in [0.2, 0.25) is 17.7 Å². The van der Waals surface area contributed by atoms with E-state index in [2.05, 4.69) is 15.4 Å². The van der Waals surface area contributed by atoms with E-state index in [0.29, 0.717) is 5.56 Å². The molecule has 1 aromatic carbocycles. The van der Waals surface area contributed by atoms with Crippen LogP contribution in [0, 0.1) is 5.82 Å². The Morgan fingerprint density at radius 1 is 1.37 bits per heavy atom. The fraction of sp³-hybridized carbons (Fsp3) is 0.167. The Morgan fingerprint density at radius 3 is 2.89 bits per heavy atom. The Bertz CT molecular complexity index is 640. The van der Waals surface area contributed by atoms with E-state index < -0.39 is 5.66 Å². The van der Waals surface area contributed by atoms with Gasteiger partial charge in [-0.1, -0.05) is 12.1 Å². The quantitative estimate of drug-likeness (QED) is 0.717. The molecule has 3 N–H and O–H groups in total. The molecule has 98 valence electrons. The SMILES string of the molecule is CC1(c2cccc(F)c2)N=C2N=C(O)C=C(O)N2N1. The van der Waals surface area contributed by atoms with Crippen molar-refractivity contribution in [1.82, 2.24) is 10.4 Å². The van der Waals surface area contributed by atoms with Gasteiger partial charge in [0.25, 0.3) is 0 Å². The van der Waals surface area contributed by atoms with E-state index in [9.17, 15) is 14.6 Å². The van der Waals surface area contributed by atoms with Gasteiger partial charge < -0.3 is 10.2 Å². The average molecular weight is 262 g/mol. The first-order chi connectivity index (χ1) is 8.98. The minimum Gasteiger partial charge on any atom is -0.493 e. The number of aliphatic imine (C=N–C) groups is 2. The number of nitrogens with one attached hydrogen (secondary N) is 1. The number of halogens is 1. The number of aliphatic hydroxyl groups excluding tert-OH is 2. The van der Waals surface area contributed by atoms with Crippen LogP contribution in [0.3, 0.4) is 0 Å². The number of hydrogen-bond donors (Lipinski definition) is 3. The number of benzene rings is 1. The van der Waals surface area contributed by atoms with Crippen LogP contribution in [0.5, 0.6) is 0 Å². The van der Waals surface area contributed by atoms with Crippen molar-refractivity contribution in [3.63, 3.8) is 0 Å². The Labute approximate surface area is 108 Å². The standard InChI is InChI=1S/C12H11FN4O2/c1-12(7-3-2-4-8(13)5-7)15-11-14-9(18)6-10(19)17(11)16-12/h2-6,16,19H,1H3,(H,14,15,18). The van der Waals surface area contributed by atoms with Crippen LogP contribution < -0.4 is 5.43 Å². The molecule has 0 saturated heterocycles. The molecule has 0 radical (unpaired) electrons. The highest BCUT2D eigenvalue weighted by Gasteiger charge is 2.39. The second kappa shape index (κ2) is 3.79. The van der Waals surface area contributed by atoms with E-state index in [-0.39, 0.29) is 23.6 Å². The highest BCUT2D eigenvalue weighted by molar-refractivity contribution is 6.01. The van der Waals surface area contributed by atoms with E-state index in [1.165, 1.54) is 17.1 Å². The molecular formula is C12H11FN4O2. The molecule has 1 atom stereocenters. The maximum atomic E-state index is 13.3. The second-order valence-electron chi connectivity index (χ2n) is 4.41. The Hall–Kier alpha value is -2.41. The van der Waals surface area contributed by atoms with Crippen molar-refractivity contribution in [2.24, 2.45) is 9.98 Å². The van der Waals surface area contributed by atoms with Crippen molar-refractivity contribution >= 4 is 11.9 Å². The van der Waals surface area contributed by atoms with Crippen molar-refractivity contribution in [1.29, 1.82) is 0 Å². The topological polar surface area (TPSA) is 80.5 Å². The molecule has 2 aliphatic rings.